The first kappa shape index (κ1) is 16.7. The van der Waals surface area contributed by atoms with Gasteiger partial charge in [0.05, 0.1) is 7.11 Å². The Balaban J connectivity index is 2.34. The van der Waals surface area contributed by atoms with Crippen LogP contribution in [0, 0.1) is 22.7 Å². The Morgan fingerprint density at radius 2 is 1.96 bits per heavy atom. The van der Waals surface area contributed by atoms with Gasteiger partial charge in [-0.1, -0.05) is 13.0 Å². The van der Waals surface area contributed by atoms with E-state index in [-0.39, 0.29) is 17.3 Å². The number of nitrogens with zero attached hydrogens (tertiary/aromatic N) is 4. The molecule has 0 unspecified atom stereocenters. The van der Waals surface area contributed by atoms with Crippen LogP contribution in [0.25, 0.3) is 0 Å². The number of aryl methyl sites for hydroxylation is 1. The predicted octanol–water partition coefficient (Wildman–Crippen LogP) is 2.75. The molecular weight excluding hydrogens is 310 g/mol. The summed E-state index contributed by atoms with van der Waals surface area (Å²) in [6, 6.07) is 10.2. The first-order valence-corrected chi connectivity index (χ1v) is 6.95. The molecule has 0 aliphatic heterocycles. The highest BCUT2D eigenvalue weighted by Gasteiger charge is 2.14. The number of ether oxygens (including phenoxy) is 2. The van der Waals surface area contributed by atoms with Crippen molar-refractivity contribution in [2.75, 3.05) is 12.4 Å². The molecule has 8 heteroatoms. The van der Waals surface area contributed by atoms with Gasteiger partial charge in [0.25, 0.3) is 0 Å². The smallest absolute Gasteiger partial charge is 0.411 e. The van der Waals surface area contributed by atoms with Gasteiger partial charge in [-0.2, -0.15) is 15.5 Å². The van der Waals surface area contributed by atoms with Crippen molar-refractivity contribution >= 4 is 11.8 Å². The van der Waals surface area contributed by atoms with E-state index in [1.165, 1.54) is 7.11 Å². The topological polar surface area (TPSA) is 121 Å². The molecule has 0 fully saturated rings. The number of methoxy groups -OCH3 is 1. The second kappa shape index (κ2) is 7.56. The lowest BCUT2D eigenvalue weighted by Crippen LogP contribution is -2.10. The van der Waals surface area contributed by atoms with Crippen LogP contribution in [-0.4, -0.2) is 23.2 Å². The van der Waals surface area contributed by atoms with Gasteiger partial charge in [-0.05, 0) is 18.6 Å². The molecule has 0 atom stereocenters. The third-order valence-electron chi connectivity index (χ3n) is 2.96. The van der Waals surface area contributed by atoms with E-state index in [4.69, 9.17) is 15.3 Å². The van der Waals surface area contributed by atoms with Crippen LogP contribution < -0.4 is 10.1 Å². The number of anilines is 1. The maximum Gasteiger partial charge on any atom is 0.411 e. The van der Waals surface area contributed by atoms with Crippen LogP contribution in [-0.2, 0) is 11.2 Å². The molecule has 120 valence electrons. The maximum absolute atomic E-state index is 11.2. The summed E-state index contributed by atoms with van der Waals surface area (Å²) in [5.41, 5.74) is 0.785. The van der Waals surface area contributed by atoms with Crippen molar-refractivity contribution < 1.29 is 14.3 Å². The Kier molecular flexibility index (Phi) is 5.27. The lowest BCUT2D eigenvalue weighted by Gasteiger charge is -2.10. The van der Waals surface area contributed by atoms with E-state index >= 15 is 0 Å². The minimum Gasteiger partial charge on any atom is -0.453 e. The van der Waals surface area contributed by atoms with Gasteiger partial charge in [-0.15, -0.1) is 0 Å². The van der Waals surface area contributed by atoms with E-state index in [9.17, 15) is 4.79 Å². The minimum atomic E-state index is -0.605. The van der Waals surface area contributed by atoms with Crippen molar-refractivity contribution in [3.05, 3.63) is 41.3 Å². The van der Waals surface area contributed by atoms with Crippen LogP contribution in [0.1, 0.15) is 24.0 Å². The monoisotopic (exact) mass is 323 g/mol. The van der Waals surface area contributed by atoms with Gasteiger partial charge in [0.15, 0.2) is 11.4 Å². The molecule has 0 saturated carbocycles. The Labute approximate surface area is 138 Å². The van der Waals surface area contributed by atoms with E-state index < -0.39 is 6.09 Å². The molecule has 24 heavy (non-hydrogen) atoms. The number of rotatable bonds is 4. The predicted molar refractivity (Wildman–Crippen MR) is 83.4 cm³/mol. The standard InChI is InChI=1S/C16H13N5O3/c1-3-12-15(21-14(9-18)13(8-17)20-12)24-11-6-4-5-10(7-11)19-16(22)23-2/h4-7H,3H2,1-2H3,(H,19,22). The number of aromatic nitrogens is 2. The highest BCUT2D eigenvalue weighted by molar-refractivity contribution is 5.84. The molecule has 2 rings (SSSR count). The number of benzene rings is 1. The number of nitriles is 2. The van der Waals surface area contributed by atoms with E-state index in [0.717, 1.165) is 0 Å². The molecule has 1 heterocycles. The molecule has 0 spiro atoms. The maximum atomic E-state index is 11.2. The lowest BCUT2D eigenvalue weighted by atomic mass is 10.2. The summed E-state index contributed by atoms with van der Waals surface area (Å²) < 4.78 is 10.2. The summed E-state index contributed by atoms with van der Waals surface area (Å²) >= 11 is 0. The van der Waals surface area contributed by atoms with Crippen molar-refractivity contribution in [3.8, 4) is 23.8 Å². The molecule has 0 radical (unpaired) electrons. The zero-order chi connectivity index (χ0) is 17.5. The summed E-state index contributed by atoms with van der Waals surface area (Å²) in [7, 11) is 1.26. The summed E-state index contributed by atoms with van der Waals surface area (Å²) in [4.78, 5) is 19.4. The first-order chi connectivity index (χ1) is 11.6. The Morgan fingerprint density at radius 1 is 1.25 bits per heavy atom. The fourth-order valence-electron chi connectivity index (χ4n) is 1.84. The Hall–Kier alpha value is -3.65. The van der Waals surface area contributed by atoms with Gasteiger partial charge in [-0.25, -0.2) is 9.78 Å². The first-order valence-electron chi connectivity index (χ1n) is 6.95. The molecular formula is C16H13N5O3. The highest BCUT2D eigenvalue weighted by Crippen LogP contribution is 2.26. The zero-order valence-electron chi connectivity index (χ0n) is 13.0. The summed E-state index contributed by atoms with van der Waals surface area (Å²) in [6.07, 6.45) is -0.130. The fraction of sp³-hybridized carbons (Fsp3) is 0.188. The van der Waals surface area contributed by atoms with Crippen LogP contribution in [0.3, 0.4) is 0 Å². The largest absolute Gasteiger partial charge is 0.453 e. The zero-order valence-corrected chi connectivity index (χ0v) is 13.0. The van der Waals surface area contributed by atoms with Crippen molar-refractivity contribution in [1.29, 1.82) is 10.5 Å². The molecule has 1 amide bonds. The number of carbonyl (C=O) groups excluding carboxylic acids is 1. The molecule has 8 nitrogen and oxygen atoms in total. The third-order valence-corrected chi connectivity index (χ3v) is 2.96. The van der Waals surface area contributed by atoms with Gasteiger partial charge in [0, 0.05) is 11.8 Å². The van der Waals surface area contributed by atoms with Gasteiger partial charge in [-0.3, -0.25) is 5.32 Å². The second-order valence-electron chi connectivity index (χ2n) is 4.50. The SMILES string of the molecule is CCc1nc(C#N)c(C#N)nc1Oc1cccc(NC(=O)OC)c1. The Bertz CT molecular complexity index is 852. The van der Waals surface area contributed by atoms with Crippen LogP contribution >= 0.6 is 0 Å². The summed E-state index contributed by atoms with van der Waals surface area (Å²) in [6.45, 7) is 1.83. The van der Waals surface area contributed by atoms with Crippen molar-refractivity contribution in [2.45, 2.75) is 13.3 Å². The molecule has 1 aromatic heterocycles. The lowest BCUT2D eigenvalue weighted by molar-refractivity contribution is 0.187. The number of nitrogens with one attached hydrogen (secondary N) is 1. The molecule has 0 saturated heterocycles. The van der Waals surface area contributed by atoms with Crippen LogP contribution in [0.4, 0.5) is 10.5 Å². The van der Waals surface area contributed by atoms with Crippen LogP contribution in [0.2, 0.25) is 0 Å². The normalized spacial score (nSPS) is 9.50. The molecule has 1 N–H and O–H groups in total. The number of carbonyl (C=O) groups is 1. The number of amides is 1. The molecule has 0 aliphatic rings. The van der Waals surface area contributed by atoms with E-state index in [0.29, 0.717) is 23.6 Å². The second-order valence-corrected chi connectivity index (χ2v) is 4.50. The summed E-state index contributed by atoms with van der Waals surface area (Å²) in [5.74, 6) is 0.532. The van der Waals surface area contributed by atoms with Crippen LogP contribution in [0.15, 0.2) is 24.3 Å². The highest BCUT2D eigenvalue weighted by atomic mass is 16.5. The fourth-order valence-corrected chi connectivity index (χ4v) is 1.84. The summed E-state index contributed by atoms with van der Waals surface area (Å²) in [5, 5.41) is 20.6. The average molecular weight is 323 g/mol. The number of hydrogen-bond acceptors (Lipinski definition) is 7. The Morgan fingerprint density at radius 3 is 2.58 bits per heavy atom. The van der Waals surface area contributed by atoms with E-state index in [2.05, 4.69) is 20.0 Å². The van der Waals surface area contributed by atoms with E-state index in [1.807, 2.05) is 19.1 Å². The van der Waals surface area contributed by atoms with Crippen molar-refractivity contribution in [2.24, 2.45) is 0 Å². The minimum absolute atomic E-state index is 0.0391. The van der Waals surface area contributed by atoms with Crippen molar-refractivity contribution in [3.63, 3.8) is 0 Å². The molecule has 1 aromatic carbocycles. The average Bonchev–Trinajstić information content (AvgIpc) is 2.61. The van der Waals surface area contributed by atoms with Gasteiger partial charge < -0.3 is 9.47 Å². The van der Waals surface area contributed by atoms with Crippen LogP contribution in [0.5, 0.6) is 11.6 Å². The van der Waals surface area contributed by atoms with Crippen molar-refractivity contribution in [1.82, 2.24) is 9.97 Å². The molecule has 2 aromatic rings. The molecule has 0 aliphatic carbocycles. The quantitative estimate of drug-likeness (QED) is 0.918. The van der Waals surface area contributed by atoms with Gasteiger partial charge >= 0.3 is 6.09 Å². The number of hydrogen-bond donors (Lipinski definition) is 1. The third kappa shape index (κ3) is 3.76. The van der Waals surface area contributed by atoms with Gasteiger partial charge in [0.1, 0.15) is 23.6 Å². The molecule has 0 bridgehead atoms. The van der Waals surface area contributed by atoms with Gasteiger partial charge in [0.2, 0.25) is 5.88 Å². The van der Waals surface area contributed by atoms with E-state index in [1.54, 1.807) is 24.3 Å².